The molecule has 1 saturated heterocycles. The lowest BCUT2D eigenvalue weighted by atomic mass is 10.0. The second-order valence-corrected chi connectivity index (χ2v) is 7.47. The number of carbonyl (C=O) groups excluding carboxylic acids is 2. The molecule has 1 aliphatic rings. The molecule has 1 unspecified atom stereocenters. The quantitative estimate of drug-likeness (QED) is 0.629. The summed E-state index contributed by atoms with van der Waals surface area (Å²) >= 11 is 0. The fraction of sp³-hybridized carbons (Fsp3) is 0.273. The number of fused-ring (bicyclic) bond motifs is 1. The number of aromatic nitrogens is 2. The summed E-state index contributed by atoms with van der Waals surface area (Å²) in [4.78, 5) is 47.3. The van der Waals surface area contributed by atoms with Crippen LogP contribution in [-0.4, -0.2) is 32.0 Å². The van der Waals surface area contributed by atoms with Crippen LogP contribution in [0.4, 0.5) is 0 Å². The van der Waals surface area contributed by atoms with Crippen LogP contribution in [0.15, 0.2) is 47.3 Å². The summed E-state index contributed by atoms with van der Waals surface area (Å²) in [6.07, 6.45) is 1.05. The molecule has 3 aromatic rings. The number of hydrogen-bond acceptors (Lipinski definition) is 4. The number of nitrogens with zero attached hydrogens (tertiary/aromatic N) is 2. The van der Waals surface area contributed by atoms with Gasteiger partial charge in [0, 0.05) is 19.9 Å². The average Bonchev–Trinajstić information content (AvgIpc) is 2.97. The second-order valence-electron chi connectivity index (χ2n) is 7.47. The Balaban J connectivity index is 1.69. The number of piperidine rings is 1. The molecule has 2 amide bonds. The van der Waals surface area contributed by atoms with E-state index >= 15 is 0 Å². The number of carboxylic acids is 1. The number of rotatable bonds is 5. The molecule has 154 valence electrons. The molecule has 2 aromatic carbocycles. The average molecular weight is 407 g/mol. The molecule has 0 bridgehead atoms. The molecule has 1 atom stereocenters. The maximum Gasteiger partial charge on any atom is 0.329 e. The van der Waals surface area contributed by atoms with Gasteiger partial charge in [-0.05, 0) is 41.7 Å². The molecule has 2 N–H and O–H groups in total. The van der Waals surface area contributed by atoms with E-state index in [9.17, 15) is 19.2 Å². The smallest absolute Gasteiger partial charge is 0.329 e. The normalized spacial score (nSPS) is 16.6. The summed E-state index contributed by atoms with van der Waals surface area (Å²) in [5.41, 5.74) is 3.82. The van der Waals surface area contributed by atoms with Crippen molar-refractivity contribution in [2.24, 2.45) is 7.05 Å². The van der Waals surface area contributed by atoms with Crippen molar-refractivity contribution in [1.29, 1.82) is 0 Å². The monoisotopic (exact) mass is 407 g/mol. The number of aryl methyl sites for hydroxylation is 2. The van der Waals surface area contributed by atoms with Crippen molar-refractivity contribution in [3.63, 3.8) is 0 Å². The van der Waals surface area contributed by atoms with Gasteiger partial charge in [0.2, 0.25) is 11.8 Å². The highest BCUT2D eigenvalue weighted by Gasteiger charge is 2.31. The van der Waals surface area contributed by atoms with E-state index in [1.54, 1.807) is 7.05 Å². The summed E-state index contributed by atoms with van der Waals surface area (Å²) in [7, 11) is 1.66. The Morgan fingerprint density at radius 2 is 1.77 bits per heavy atom. The first-order valence-electron chi connectivity index (χ1n) is 9.71. The molecule has 8 nitrogen and oxygen atoms in total. The van der Waals surface area contributed by atoms with E-state index in [2.05, 4.69) is 5.32 Å². The molecule has 0 radical (unpaired) electrons. The highest BCUT2D eigenvalue weighted by Crippen LogP contribution is 2.27. The van der Waals surface area contributed by atoms with Gasteiger partial charge in [-0.2, -0.15) is 0 Å². The van der Waals surface area contributed by atoms with Gasteiger partial charge >= 0.3 is 11.7 Å². The lowest BCUT2D eigenvalue weighted by Crippen LogP contribution is -2.44. The molecule has 0 saturated carbocycles. The zero-order chi connectivity index (χ0) is 21.4. The van der Waals surface area contributed by atoms with Crippen molar-refractivity contribution in [2.75, 3.05) is 0 Å². The maximum atomic E-state index is 12.8. The van der Waals surface area contributed by atoms with Gasteiger partial charge in [-0.25, -0.2) is 4.79 Å². The lowest BCUT2D eigenvalue weighted by Gasteiger charge is -2.21. The van der Waals surface area contributed by atoms with Crippen LogP contribution < -0.4 is 11.0 Å². The van der Waals surface area contributed by atoms with E-state index in [-0.39, 0.29) is 24.4 Å². The lowest BCUT2D eigenvalue weighted by molar-refractivity contribution is -0.137. The first kappa shape index (κ1) is 19.6. The molecule has 0 spiro atoms. The molecule has 30 heavy (non-hydrogen) atoms. The third kappa shape index (κ3) is 3.52. The van der Waals surface area contributed by atoms with Crippen LogP contribution in [0.25, 0.3) is 22.2 Å². The van der Waals surface area contributed by atoms with Crippen molar-refractivity contribution >= 4 is 28.8 Å². The molecule has 8 heteroatoms. The van der Waals surface area contributed by atoms with E-state index in [4.69, 9.17) is 5.11 Å². The summed E-state index contributed by atoms with van der Waals surface area (Å²) in [5, 5.41) is 11.1. The van der Waals surface area contributed by atoms with Gasteiger partial charge in [0.25, 0.3) is 0 Å². The van der Waals surface area contributed by atoms with Crippen LogP contribution in [-0.2, 0) is 27.9 Å². The van der Waals surface area contributed by atoms with Crippen molar-refractivity contribution in [3.8, 4) is 11.1 Å². The minimum atomic E-state index is -0.828. The predicted octanol–water partition coefficient (Wildman–Crippen LogP) is 2.00. The Morgan fingerprint density at radius 1 is 1.07 bits per heavy atom. The van der Waals surface area contributed by atoms with Crippen LogP contribution >= 0.6 is 0 Å². The van der Waals surface area contributed by atoms with E-state index in [0.717, 1.165) is 16.7 Å². The predicted molar refractivity (Wildman–Crippen MR) is 110 cm³/mol. The molecule has 4 rings (SSSR count). The Kier molecular flexibility index (Phi) is 4.99. The van der Waals surface area contributed by atoms with Crippen LogP contribution in [0.2, 0.25) is 0 Å². The summed E-state index contributed by atoms with van der Waals surface area (Å²) in [6.45, 7) is 0. The van der Waals surface area contributed by atoms with E-state index < -0.39 is 17.9 Å². The fourth-order valence-electron chi connectivity index (χ4n) is 3.89. The molecule has 2 heterocycles. The number of carboxylic acid groups (broad SMARTS) is 1. The highest BCUT2D eigenvalue weighted by molar-refractivity contribution is 6.00. The topological polar surface area (TPSA) is 110 Å². The molecular weight excluding hydrogens is 386 g/mol. The fourth-order valence-corrected chi connectivity index (χ4v) is 3.89. The number of carbonyl (C=O) groups is 3. The van der Waals surface area contributed by atoms with Crippen LogP contribution in [0.1, 0.15) is 30.9 Å². The molecular formula is C22H21N3O5. The Morgan fingerprint density at radius 3 is 2.43 bits per heavy atom. The minimum Gasteiger partial charge on any atom is -0.481 e. The standard InChI is InChI=1S/C22H21N3O5/c1-24-18-12-15(14-5-2-13(3-6-14)4-11-20(27)28)7-8-16(18)25(22(24)30)17-9-10-19(26)23-21(17)29/h2-3,5-8,12,17H,4,9-11H2,1H3,(H,27,28)(H,23,26,29). The number of imide groups is 1. The first-order valence-corrected chi connectivity index (χ1v) is 9.71. The Labute approximate surface area is 171 Å². The first-order chi connectivity index (χ1) is 14.3. The second kappa shape index (κ2) is 7.62. The number of aliphatic carboxylic acids is 1. The van der Waals surface area contributed by atoms with Gasteiger partial charge in [-0.1, -0.05) is 30.3 Å². The van der Waals surface area contributed by atoms with Crippen molar-refractivity contribution < 1.29 is 19.5 Å². The van der Waals surface area contributed by atoms with Crippen LogP contribution in [0.3, 0.4) is 0 Å². The van der Waals surface area contributed by atoms with Gasteiger partial charge in [0.05, 0.1) is 11.0 Å². The largest absolute Gasteiger partial charge is 0.481 e. The SMILES string of the molecule is Cn1c(=O)n(C2CCC(=O)NC2=O)c2ccc(-c3ccc(CCC(=O)O)cc3)cc21. The van der Waals surface area contributed by atoms with Gasteiger partial charge in [-0.15, -0.1) is 0 Å². The maximum absolute atomic E-state index is 12.8. The van der Waals surface area contributed by atoms with Gasteiger partial charge < -0.3 is 5.11 Å². The zero-order valence-electron chi connectivity index (χ0n) is 16.4. The number of benzene rings is 2. The molecule has 1 fully saturated rings. The van der Waals surface area contributed by atoms with E-state index in [1.807, 2.05) is 42.5 Å². The van der Waals surface area contributed by atoms with Crippen LogP contribution in [0, 0.1) is 0 Å². The van der Waals surface area contributed by atoms with Gasteiger partial charge in [0.15, 0.2) is 0 Å². The summed E-state index contributed by atoms with van der Waals surface area (Å²) in [5.74, 6) is -1.61. The third-order valence-corrected chi connectivity index (χ3v) is 5.53. The Bertz CT molecular complexity index is 1220. The van der Waals surface area contributed by atoms with E-state index in [0.29, 0.717) is 23.9 Å². The number of imidazole rings is 1. The van der Waals surface area contributed by atoms with Crippen molar-refractivity contribution in [2.45, 2.75) is 31.7 Å². The highest BCUT2D eigenvalue weighted by atomic mass is 16.4. The zero-order valence-corrected chi connectivity index (χ0v) is 16.4. The van der Waals surface area contributed by atoms with E-state index in [1.165, 1.54) is 9.13 Å². The number of amides is 2. The molecule has 0 aliphatic carbocycles. The molecule has 1 aromatic heterocycles. The summed E-state index contributed by atoms with van der Waals surface area (Å²) < 4.78 is 2.96. The van der Waals surface area contributed by atoms with Crippen molar-refractivity contribution in [3.05, 3.63) is 58.5 Å². The van der Waals surface area contributed by atoms with Gasteiger partial charge in [-0.3, -0.25) is 28.8 Å². The third-order valence-electron chi connectivity index (χ3n) is 5.53. The minimum absolute atomic E-state index is 0.0846. The summed E-state index contributed by atoms with van der Waals surface area (Å²) in [6, 6.07) is 12.5. The van der Waals surface area contributed by atoms with Gasteiger partial charge in [0.1, 0.15) is 6.04 Å². The number of nitrogens with one attached hydrogen (secondary N) is 1. The van der Waals surface area contributed by atoms with Crippen molar-refractivity contribution in [1.82, 2.24) is 14.5 Å². The number of hydrogen-bond donors (Lipinski definition) is 2. The van der Waals surface area contributed by atoms with Crippen LogP contribution in [0.5, 0.6) is 0 Å². The Hall–Kier alpha value is -3.68. The molecule has 1 aliphatic heterocycles.